The van der Waals surface area contributed by atoms with Crippen molar-refractivity contribution in [3.8, 4) is 17.2 Å². The molecule has 0 fully saturated rings. The summed E-state index contributed by atoms with van der Waals surface area (Å²) in [5.74, 6) is 1.21. The van der Waals surface area contributed by atoms with Crippen molar-refractivity contribution in [2.24, 2.45) is 0 Å². The second-order valence-corrected chi connectivity index (χ2v) is 6.27. The summed E-state index contributed by atoms with van der Waals surface area (Å²) in [6.45, 7) is 4.63. The van der Waals surface area contributed by atoms with Crippen molar-refractivity contribution in [1.82, 2.24) is 5.32 Å². The van der Waals surface area contributed by atoms with Crippen LogP contribution < -0.4 is 19.5 Å². The van der Waals surface area contributed by atoms with Gasteiger partial charge in [-0.1, -0.05) is 32.0 Å². The summed E-state index contributed by atoms with van der Waals surface area (Å²) in [7, 11) is 1.33. The Morgan fingerprint density at radius 3 is 2.57 bits per heavy atom. The molecule has 28 heavy (non-hydrogen) atoms. The van der Waals surface area contributed by atoms with Crippen molar-refractivity contribution in [3.05, 3.63) is 58.1 Å². The maximum absolute atomic E-state index is 11.9. The molecule has 8 heteroatoms. The topological polar surface area (TPSA) is 99.9 Å². The summed E-state index contributed by atoms with van der Waals surface area (Å²) in [5, 5.41) is 13.6. The predicted molar refractivity (Wildman–Crippen MR) is 104 cm³/mol. The van der Waals surface area contributed by atoms with Crippen LogP contribution in [0.3, 0.4) is 0 Å². The van der Waals surface area contributed by atoms with Crippen LogP contribution in [-0.2, 0) is 4.79 Å². The van der Waals surface area contributed by atoms with Gasteiger partial charge in [-0.25, -0.2) is 0 Å². The molecule has 0 aliphatic carbocycles. The van der Waals surface area contributed by atoms with E-state index in [1.54, 1.807) is 0 Å². The van der Waals surface area contributed by atoms with E-state index in [1.165, 1.54) is 25.3 Å². The lowest BCUT2D eigenvalue weighted by Crippen LogP contribution is -2.32. The van der Waals surface area contributed by atoms with Gasteiger partial charge in [0, 0.05) is 12.1 Å². The number of carbonyl (C=O) groups excluding carboxylic acids is 1. The Kier molecular flexibility index (Phi) is 7.62. The molecule has 0 heterocycles. The second kappa shape index (κ2) is 10.1. The van der Waals surface area contributed by atoms with Crippen molar-refractivity contribution >= 4 is 11.6 Å². The van der Waals surface area contributed by atoms with E-state index in [0.717, 1.165) is 11.3 Å². The zero-order chi connectivity index (χ0) is 20.5. The molecule has 150 valence electrons. The number of nitrogens with one attached hydrogen (secondary N) is 1. The summed E-state index contributed by atoms with van der Waals surface area (Å²) in [6, 6.07) is 11.9. The van der Waals surface area contributed by atoms with Gasteiger partial charge in [0.25, 0.3) is 5.91 Å². The SMILES string of the molecule is COc1cc(OCC(=O)NCCOc2ccccc2C(C)C)ccc1[N+](=O)[O-]. The van der Waals surface area contributed by atoms with Gasteiger partial charge in [0.2, 0.25) is 5.75 Å². The third-order valence-corrected chi connectivity index (χ3v) is 3.94. The van der Waals surface area contributed by atoms with Crippen LogP contribution >= 0.6 is 0 Å². The standard InChI is InChI=1S/C20H24N2O6/c1-14(2)16-6-4-5-7-18(16)27-11-10-21-20(23)13-28-15-8-9-17(22(24)25)19(12-15)26-3/h4-9,12,14H,10-11,13H2,1-3H3,(H,21,23). The molecule has 0 bridgehead atoms. The number of carbonyl (C=O) groups is 1. The molecule has 2 aromatic rings. The normalized spacial score (nSPS) is 10.4. The van der Waals surface area contributed by atoms with E-state index in [9.17, 15) is 14.9 Å². The Hall–Kier alpha value is -3.29. The van der Waals surface area contributed by atoms with Crippen molar-refractivity contribution in [1.29, 1.82) is 0 Å². The summed E-state index contributed by atoms with van der Waals surface area (Å²) in [6.07, 6.45) is 0. The van der Waals surface area contributed by atoms with Crippen molar-refractivity contribution < 1.29 is 23.9 Å². The molecule has 0 radical (unpaired) electrons. The van der Waals surface area contributed by atoms with Gasteiger partial charge in [-0.15, -0.1) is 0 Å². The highest BCUT2D eigenvalue weighted by molar-refractivity contribution is 5.77. The number of methoxy groups -OCH3 is 1. The Bertz CT molecular complexity index is 822. The van der Waals surface area contributed by atoms with Crippen LogP contribution in [0.25, 0.3) is 0 Å². The van der Waals surface area contributed by atoms with E-state index in [0.29, 0.717) is 24.8 Å². The van der Waals surface area contributed by atoms with E-state index >= 15 is 0 Å². The molecule has 0 aliphatic rings. The average molecular weight is 388 g/mol. The van der Waals surface area contributed by atoms with E-state index in [2.05, 4.69) is 19.2 Å². The number of nitro groups is 1. The Morgan fingerprint density at radius 1 is 1.14 bits per heavy atom. The molecule has 1 amide bonds. The third kappa shape index (κ3) is 5.87. The Morgan fingerprint density at radius 2 is 1.89 bits per heavy atom. The molecule has 1 N–H and O–H groups in total. The molecule has 2 rings (SSSR count). The fourth-order valence-electron chi connectivity index (χ4n) is 2.54. The molecule has 0 aromatic heterocycles. The molecule has 0 spiro atoms. The Labute approximate surface area is 163 Å². The lowest BCUT2D eigenvalue weighted by molar-refractivity contribution is -0.385. The molecule has 2 aromatic carbocycles. The van der Waals surface area contributed by atoms with Crippen LogP contribution in [-0.4, -0.2) is 37.7 Å². The monoisotopic (exact) mass is 388 g/mol. The minimum Gasteiger partial charge on any atom is -0.491 e. The van der Waals surface area contributed by atoms with Gasteiger partial charge >= 0.3 is 5.69 Å². The summed E-state index contributed by atoms with van der Waals surface area (Å²) in [4.78, 5) is 22.2. The van der Waals surface area contributed by atoms with Gasteiger partial charge in [-0.05, 0) is 23.6 Å². The van der Waals surface area contributed by atoms with Gasteiger partial charge in [0.1, 0.15) is 18.1 Å². The van der Waals surface area contributed by atoms with Crippen molar-refractivity contribution in [2.45, 2.75) is 19.8 Å². The van der Waals surface area contributed by atoms with Gasteiger partial charge in [-0.2, -0.15) is 0 Å². The highest BCUT2D eigenvalue weighted by atomic mass is 16.6. The second-order valence-electron chi connectivity index (χ2n) is 6.27. The number of nitrogens with zero attached hydrogens (tertiary/aromatic N) is 1. The summed E-state index contributed by atoms with van der Waals surface area (Å²) in [5.41, 5.74) is 0.947. The zero-order valence-electron chi connectivity index (χ0n) is 16.1. The van der Waals surface area contributed by atoms with Crippen LogP contribution in [0, 0.1) is 10.1 Å². The fraction of sp³-hybridized carbons (Fsp3) is 0.350. The van der Waals surface area contributed by atoms with E-state index in [1.807, 2.05) is 24.3 Å². The van der Waals surface area contributed by atoms with Crippen LogP contribution in [0.4, 0.5) is 5.69 Å². The van der Waals surface area contributed by atoms with Crippen LogP contribution in [0.1, 0.15) is 25.3 Å². The number of para-hydroxylation sites is 1. The molecule has 0 aliphatic heterocycles. The number of hydrogen-bond acceptors (Lipinski definition) is 6. The quantitative estimate of drug-likeness (QED) is 0.381. The minimum absolute atomic E-state index is 0.0696. The summed E-state index contributed by atoms with van der Waals surface area (Å²) < 4.78 is 16.1. The molecule has 0 saturated carbocycles. The highest BCUT2D eigenvalue weighted by Crippen LogP contribution is 2.30. The Balaban J connectivity index is 1.77. The molecule has 0 atom stereocenters. The van der Waals surface area contributed by atoms with E-state index < -0.39 is 4.92 Å². The zero-order valence-corrected chi connectivity index (χ0v) is 16.1. The number of ether oxygens (including phenoxy) is 3. The fourth-order valence-corrected chi connectivity index (χ4v) is 2.54. The highest BCUT2D eigenvalue weighted by Gasteiger charge is 2.15. The molecular formula is C20H24N2O6. The van der Waals surface area contributed by atoms with Gasteiger partial charge in [0.05, 0.1) is 18.6 Å². The molecule has 8 nitrogen and oxygen atoms in total. The van der Waals surface area contributed by atoms with Crippen LogP contribution in [0.15, 0.2) is 42.5 Å². The first kappa shape index (κ1) is 21.0. The maximum Gasteiger partial charge on any atom is 0.311 e. The van der Waals surface area contributed by atoms with Gasteiger partial charge < -0.3 is 19.5 Å². The van der Waals surface area contributed by atoms with E-state index in [4.69, 9.17) is 14.2 Å². The molecule has 0 unspecified atom stereocenters. The number of nitro benzene ring substituents is 1. The first-order valence-corrected chi connectivity index (χ1v) is 8.86. The van der Waals surface area contributed by atoms with Crippen molar-refractivity contribution in [3.63, 3.8) is 0 Å². The first-order valence-electron chi connectivity index (χ1n) is 8.86. The number of rotatable bonds is 10. The largest absolute Gasteiger partial charge is 0.491 e. The van der Waals surface area contributed by atoms with Gasteiger partial charge in [-0.3, -0.25) is 14.9 Å². The predicted octanol–water partition coefficient (Wildman–Crippen LogP) is 3.30. The minimum atomic E-state index is -0.549. The lowest BCUT2D eigenvalue weighted by atomic mass is 10.0. The molecule has 0 saturated heterocycles. The number of hydrogen-bond donors (Lipinski definition) is 1. The van der Waals surface area contributed by atoms with Gasteiger partial charge in [0.15, 0.2) is 6.61 Å². The number of benzene rings is 2. The van der Waals surface area contributed by atoms with Crippen LogP contribution in [0.5, 0.6) is 17.2 Å². The van der Waals surface area contributed by atoms with Crippen molar-refractivity contribution in [2.75, 3.05) is 26.9 Å². The smallest absolute Gasteiger partial charge is 0.311 e. The third-order valence-electron chi connectivity index (χ3n) is 3.94. The average Bonchev–Trinajstić information content (AvgIpc) is 2.69. The maximum atomic E-state index is 11.9. The first-order chi connectivity index (χ1) is 13.4. The van der Waals surface area contributed by atoms with Crippen LogP contribution in [0.2, 0.25) is 0 Å². The van der Waals surface area contributed by atoms with E-state index in [-0.39, 0.29) is 24.0 Å². The molecular weight excluding hydrogens is 364 g/mol. The summed E-state index contributed by atoms with van der Waals surface area (Å²) >= 11 is 0. The number of amides is 1. The lowest BCUT2D eigenvalue weighted by Gasteiger charge is -2.14.